The lowest BCUT2D eigenvalue weighted by molar-refractivity contribution is -0.167. The molecule has 0 aliphatic rings. The predicted octanol–water partition coefficient (Wildman–Crippen LogP) is 22.9. The van der Waals surface area contributed by atoms with Crippen LogP contribution in [-0.4, -0.2) is 37.2 Å². The van der Waals surface area contributed by atoms with Crippen LogP contribution < -0.4 is 0 Å². The molecule has 446 valence electrons. The van der Waals surface area contributed by atoms with Gasteiger partial charge in [-0.15, -0.1) is 0 Å². The number of hydrogen-bond donors (Lipinski definition) is 0. The molecule has 77 heavy (non-hydrogen) atoms. The zero-order valence-corrected chi connectivity index (χ0v) is 51.2. The first-order valence-corrected chi connectivity index (χ1v) is 33.4. The molecule has 0 aromatic heterocycles. The lowest BCUT2D eigenvalue weighted by Crippen LogP contribution is -2.30. The molecule has 0 heterocycles. The van der Waals surface area contributed by atoms with Crippen molar-refractivity contribution >= 4 is 17.9 Å². The summed E-state index contributed by atoms with van der Waals surface area (Å²) in [4.78, 5) is 38.3. The molecule has 0 aromatic rings. The van der Waals surface area contributed by atoms with Crippen LogP contribution in [0.4, 0.5) is 0 Å². The van der Waals surface area contributed by atoms with Gasteiger partial charge in [0.15, 0.2) is 6.10 Å². The molecule has 0 bridgehead atoms. The van der Waals surface area contributed by atoms with Gasteiger partial charge in [-0.1, -0.05) is 306 Å². The fourth-order valence-electron chi connectivity index (χ4n) is 9.70. The second-order valence-corrected chi connectivity index (χ2v) is 22.4. The van der Waals surface area contributed by atoms with E-state index in [0.29, 0.717) is 19.3 Å². The van der Waals surface area contributed by atoms with Crippen molar-refractivity contribution < 1.29 is 28.6 Å². The highest BCUT2D eigenvalue weighted by Crippen LogP contribution is 2.17. The Morgan fingerprint density at radius 2 is 0.506 bits per heavy atom. The second-order valence-electron chi connectivity index (χ2n) is 22.4. The van der Waals surface area contributed by atoms with Crippen molar-refractivity contribution in [2.45, 2.75) is 348 Å². The van der Waals surface area contributed by atoms with Gasteiger partial charge in [0.25, 0.3) is 0 Å². The van der Waals surface area contributed by atoms with Crippen LogP contribution >= 0.6 is 0 Å². The normalized spacial score (nSPS) is 12.5. The summed E-state index contributed by atoms with van der Waals surface area (Å²) in [6, 6.07) is 0. The van der Waals surface area contributed by atoms with Crippen LogP contribution in [0.25, 0.3) is 0 Å². The number of esters is 3. The molecule has 0 saturated heterocycles. The predicted molar refractivity (Wildman–Crippen MR) is 335 cm³/mol. The highest BCUT2D eigenvalue weighted by atomic mass is 16.6. The van der Waals surface area contributed by atoms with E-state index in [2.05, 4.69) is 93.7 Å². The quantitative estimate of drug-likeness (QED) is 0.0261. The van der Waals surface area contributed by atoms with Gasteiger partial charge in [-0.3, -0.25) is 14.4 Å². The number of hydrogen-bond acceptors (Lipinski definition) is 6. The smallest absolute Gasteiger partial charge is 0.306 e. The fraction of sp³-hybridized carbons (Fsp3) is 0.789. The van der Waals surface area contributed by atoms with E-state index >= 15 is 0 Å². The molecule has 0 spiro atoms. The minimum Gasteiger partial charge on any atom is -0.462 e. The van der Waals surface area contributed by atoms with Crippen molar-refractivity contribution in [3.63, 3.8) is 0 Å². The molecular weight excluding hydrogens is 949 g/mol. The molecule has 0 saturated carbocycles. The lowest BCUT2D eigenvalue weighted by atomic mass is 10.0. The van der Waals surface area contributed by atoms with Crippen LogP contribution in [0.15, 0.2) is 72.9 Å². The van der Waals surface area contributed by atoms with Gasteiger partial charge in [0.1, 0.15) is 13.2 Å². The molecule has 0 aliphatic heterocycles. The highest BCUT2D eigenvalue weighted by Gasteiger charge is 2.19. The van der Waals surface area contributed by atoms with Crippen molar-refractivity contribution in [1.29, 1.82) is 0 Å². The Balaban J connectivity index is 4.16. The van der Waals surface area contributed by atoms with Gasteiger partial charge in [-0.25, -0.2) is 0 Å². The summed E-state index contributed by atoms with van der Waals surface area (Å²) < 4.78 is 16.9. The van der Waals surface area contributed by atoms with Gasteiger partial charge in [-0.05, 0) is 89.9 Å². The maximum atomic E-state index is 12.9. The summed E-state index contributed by atoms with van der Waals surface area (Å²) in [5.41, 5.74) is 0. The Hall–Kier alpha value is -3.15. The van der Waals surface area contributed by atoms with E-state index in [1.807, 2.05) is 0 Å². The molecule has 6 heteroatoms. The van der Waals surface area contributed by atoms with Crippen LogP contribution in [0.2, 0.25) is 0 Å². The molecule has 0 aliphatic carbocycles. The highest BCUT2D eigenvalue weighted by molar-refractivity contribution is 5.71. The minimum atomic E-state index is -0.774. The summed E-state index contributed by atoms with van der Waals surface area (Å²) in [6.45, 7) is 6.55. The molecule has 0 radical (unpaired) electrons. The third-order valence-corrected chi connectivity index (χ3v) is 14.7. The second kappa shape index (κ2) is 65.4. The largest absolute Gasteiger partial charge is 0.462 e. The van der Waals surface area contributed by atoms with E-state index in [4.69, 9.17) is 14.2 Å². The van der Waals surface area contributed by atoms with Crippen molar-refractivity contribution in [1.82, 2.24) is 0 Å². The fourth-order valence-corrected chi connectivity index (χ4v) is 9.70. The van der Waals surface area contributed by atoms with E-state index in [1.54, 1.807) is 0 Å². The molecule has 0 aromatic carbocycles. The standard InChI is InChI=1S/C71H126O6/c1-4-7-10-13-16-19-22-24-26-28-29-30-31-32-33-34-35-36-37-38-39-40-41-43-44-46-49-52-55-58-61-64-70(73)76-67-68(66-75-69(72)63-60-57-54-51-48-21-18-15-12-9-6-3)77-71(74)65-62-59-56-53-50-47-45-42-27-25-23-20-17-14-11-8-5-2/h7,10,16,19,24-27,29-30,32-33,68H,4-6,8-9,11-15,17-18,20-23,28,31,34-67H2,1-3H3/b10-7-,19-16-,26-24-,27-25-,30-29-,33-32-. The molecule has 1 unspecified atom stereocenters. The van der Waals surface area contributed by atoms with Gasteiger partial charge < -0.3 is 14.2 Å². The molecule has 6 nitrogen and oxygen atoms in total. The molecular formula is C71H126O6. The summed E-state index contributed by atoms with van der Waals surface area (Å²) in [5.74, 6) is -0.859. The van der Waals surface area contributed by atoms with Crippen LogP contribution in [-0.2, 0) is 28.6 Å². The maximum absolute atomic E-state index is 12.9. The minimum absolute atomic E-state index is 0.0718. The first-order valence-electron chi connectivity index (χ1n) is 33.4. The van der Waals surface area contributed by atoms with Crippen LogP contribution in [0.3, 0.4) is 0 Å². The SMILES string of the molecule is CC/C=C\C/C=C\C/C=C\C/C=C\C/C=C\CCCCCCCCCCCCCCCCCC(=O)OCC(COC(=O)CCCCCCCCCCCCC)OC(=O)CCCCCCCCC/C=C\CCCCCCCC. The number of rotatable bonds is 61. The number of unbranched alkanes of at least 4 members (excludes halogenated alkanes) is 38. The van der Waals surface area contributed by atoms with Gasteiger partial charge in [0, 0.05) is 19.3 Å². The Bertz CT molecular complexity index is 1420. The van der Waals surface area contributed by atoms with E-state index in [0.717, 1.165) is 89.9 Å². The van der Waals surface area contributed by atoms with Gasteiger partial charge in [0.05, 0.1) is 0 Å². The number of ether oxygens (including phenoxy) is 3. The van der Waals surface area contributed by atoms with Crippen molar-refractivity contribution in [2.24, 2.45) is 0 Å². The molecule has 0 amide bonds. The summed E-state index contributed by atoms with van der Waals surface area (Å²) >= 11 is 0. The molecule has 0 rings (SSSR count). The Kier molecular flexibility index (Phi) is 62.7. The first kappa shape index (κ1) is 73.8. The molecule has 0 fully saturated rings. The van der Waals surface area contributed by atoms with Crippen molar-refractivity contribution in [3.8, 4) is 0 Å². The molecule has 1 atom stereocenters. The number of allylic oxidation sites excluding steroid dienone is 12. The van der Waals surface area contributed by atoms with Crippen molar-refractivity contribution in [2.75, 3.05) is 13.2 Å². The van der Waals surface area contributed by atoms with Crippen LogP contribution in [0, 0.1) is 0 Å². The summed E-state index contributed by atoms with van der Waals surface area (Å²) in [5, 5.41) is 0. The van der Waals surface area contributed by atoms with Gasteiger partial charge >= 0.3 is 17.9 Å². The van der Waals surface area contributed by atoms with E-state index < -0.39 is 6.10 Å². The average molecular weight is 1080 g/mol. The number of carbonyl (C=O) groups is 3. The lowest BCUT2D eigenvalue weighted by Gasteiger charge is -2.18. The van der Waals surface area contributed by atoms with Crippen LogP contribution in [0.1, 0.15) is 342 Å². The summed E-state index contributed by atoms with van der Waals surface area (Å²) in [7, 11) is 0. The Morgan fingerprint density at radius 1 is 0.273 bits per heavy atom. The first-order chi connectivity index (χ1) is 38.0. The van der Waals surface area contributed by atoms with E-state index in [9.17, 15) is 14.4 Å². The van der Waals surface area contributed by atoms with Gasteiger partial charge in [0.2, 0.25) is 0 Å². The third-order valence-electron chi connectivity index (χ3n) is 14.7. The van der Waals surface area contributed by atoms with E-state index in [1.165, 1.54) is 212 Å². The van der Waals surface area contributed by atoms with Gasteiger partial charge in [-0.2, -0.15) is 0 Å². The average Bonchev–Trinajstić information content (AvgIpc) is 3.43. The summed E-state index contributed by atoms with van der Waals surface area (Å²) in [6.07, 6.45) is 84.9. The van der Waals surface area contributed by atoms with Crippen LogP contribution in [0.5, 0.6) is 0 Å². The number of carbonyl (C=O) groups excluding carboxylic acids is 3. The zero-order valence-electron chi connectivity index (χ0n) is 51.2. The Labute approximate surface area is 478 Å². The third kappa shape index (κ3) is 63.6. The van der Waals surface area contributed by atoms with Crippen molar-refractivity contribution in [3.05, 3.63) is 72.9 Å². The van der Waals surface area contributed by atoms with E-state index in [-0.39, 0.29) is 31.1 Å². The zero-order chi connectivity index (χ0) is 55.7. The topological polar surface area (TPSA) is 78.9 Å². The monoisotopic (exact) mass is 1070 g/mol. The Morgan fingerprint density at radius 3 is 0.805 bits per heavy atom. The maximum Gasteiger partial charge on any atom is 0.306 e. The molecule has 0 N–H and O–H groups in total.